The van der Waals surface area contributed by atoms with Gasteiger partial charge in [-0.1, -0.05) is 31.7 Å². The molecule has 4 rings (SSSR count). The van der Waals surface area contributed by atoms with Crippen LogP contribution >= 0.6 is 0 Å². The molecule has 2 aromatic heterocycles. The second-order valence-corrected chi connectivity index (χ2v) is 9.45. The molecule has 7 nitrogen and oxygen atoms in total. The van der Waals surface area contributed by atoms with Crippen LogP contribution in [-0.4, -0.2) is 37.8 Å². The number of unbranched alkanes of at least 4 members (excludes halogenated alkanes) is 4. The van der Waals surface area contributed by atoms with Crippen LogP contribution in [0.2, 0.25) is 0 Å². The molecule has 1 aromatic carbocycles. The number of benzene rings is 1. The van der Waals surface area contributed by atoms with Gasteiger partial charge >= 0.3 is 12.5 Å². The number of carbonyl (C=O) groups excluding carboxylic acids is 1. The van der Waals surface area contributed by atoms with E-state index in [0.717, 1.165) is 56.8 Å². The number of carboxylic acid groups (broad SMARTS) is 1. The summed E-state index contributed by atoms with van der Waals surface area (Å²) in [7, 11) is 0. The minimum atomic E-state index is -2.77. The van der Waals surface area contributed by atoms with E-state index in [2.05, 4.69) is 22.5 Å². The fourth-order valence-corrected chi connectivity index (χ4v) is 4.74. The number of carboxylic acids is 1. The zero-order valence-electron chi connectivity index (χ0n) is 20.3. The lowest BCUT2D eigenvalue weighted by atomic mass is 9.95. The van der Waals surface area contributed by atoms with E-state index in [9.17, 15) is 23.5 Å². The topological polar surface area (TPSA) is 97.1 Å². The van der Waals surface area contributed by atoms with Gasteiger partial charge < -0.3 is 10.4 Å². The average Bonchev–Trinajstić information content (AvgIpc) is 3.31. The van der Waals surface area contributed by atoms with Crippen LogP contribution in [0.25, 0.3) is 10.9 Å². The third-order valence-electron chi connectivity index (χ3n) is 6.75. The first-order valence-corrected chi connectivity index (χ1v) is 12.7. The van der Waals surface area contributed by atoms with Crippen molar-refractivity contribution in [1.29, 1.82) is 0 Å². The van der Waals surface area contributed by atoms with Gasteiger partial charge in [0, 0.05) is 28.5 Å². The lowest BCUT2D eigenvalue weighted by molar-refractivity contribution is -0.139. The highest BCUT2D eigenvalue weighted by molar-refractivity contribution is 5.99. The Hall–Kier alpha value is -3.36. The molecule has 2 N–H and O–H groups in total. The summed E-state index contributed by atoms with van der Waals surface area (Å²) in [5.74, 6) is -1.64. The normalized spacial score (nSPS) is 14.1. The summed E-state index contributed by atoms with van der Waals surface area (Å²) in [6, 6.07) is 7.73. The Balaban J connectivity index is 1.18. The number of alkyl halides is 2. The highest BCUT2D eigenvalue weighted by Crippen LogP contribution is 2.21. The van der Waals surface area contributed by atoms with Gasteiger partial charge in [-0.05, 0) is 74.8 Å². The number of aromatic nitrogens is 3. The second kappa shape index (κ2) is 12.1. The number of aryl methyl sites for hydroxylation is 3. The van der Waals surface area contributed by atoms with Crippen molar-refractivity contribution >= 4 is 22.8 Å². The van der Waals surface area contributed by atoms with Crippen LogP contribution in [0.3, 0.4) is 0 Å². The van der Waals surface area contributed by atoms with Crippen molar-refractivity contribution in [3.8, 4) is 0 Å². The van der Waals surface area contributed by atoms with Gasteiger partial charge in [0.05, 0.1) is 5.52 Å². The first-order chi connectivity index (χ1) is 17.4. The number of nitrogens with one attached hydrogen (secondary N) is 1. The molecule has 1 atom stereocenters. The molecule has 0 saturated heterocycles. The number of rotatable bonds is 12. The van der Waals surface area contributed by atoms with Crippen LogP contribution in [0.5, 0.6) is 0 Å². The summed E-state index contributed by atoms with van der Waals surface area (Å²) in [6.07, 6.45) is 11.8. The van der Waals surface area contributed by atoms with Crippen molar-refractivity contribution in [2.45, 2.75) is 83.2 Å². The number of fused-ring (bicyclic) bond motifs is 2. The van der Waals surface area contributed by atoms with Gasteiger partial charge in [-0.15, -0.1) is 0 Å². The molecule has 0 saturated carbocycles. The maximum absolute atomic E-state index is 12.8. The van der Waals surface area contributed by atoms with Crippen LogP contribution < -0.4 is 5.32 Å². The molecule has 0 spiro atoms. The standard InChI is InChI=1S/C27H32F2N4O3/c28-27(29)33-17-20-16-19(13-15-23(20)32-33)25(34)31-24(26(35)36)11-5-3-1-2-4-9-21-14-12-18-8-6-7-10-22(18)30-21/h12-17,24,27H,1-11H2,(H,31,34)(H,35,36)/t24-/m0/s1. The van der Waals surface area contributed by atoms with Gasteiger partial charge in [0.15, 0.2) is 0 Å². The molecule has 1 aliphatic carbocycles. The summed E-state index contributed by atoms with van der Waals surface area (Å²) in [6.45, 7) is -2.77. The van der Waals surface area contributed by atoms with Crippen molar-refractivity contribution in [2.24, 2.45) is 0 Å². The van der Waals surface area contributed by atoms with Gasteiger partial charge in [-0.25, -0.2) is 9.48 Å². The van der Waals surface area contributed by atoms with E-state index in [1.54, 1.807) is 0 Å². The van der Waals surface area contributed by atoms with Gasteiger partial charge in [0.2, 0.25) is 0 Å². The highest BCUT2D eigenvalue weighted by atomic mass is 19.3. The minimum absolute atomic E-state index is 0.207. The predicted molar refractivity (Wildman–Crippen MR) is 132 cm³/mol. The van der Waals surface area contributed by atoms with Gasteiger partial charge in [0.25, 0.3) is 5.91 Å². The van der Waals surface area contributed by atoms with Crippen molar-refractivity contribution < 1.29 is 23.5 Å². The Morgan fingerprint density at radius 3 is 2.61 bits per heavy atom. The molecule has 0 bridgehead atoms. The lowest BCUT2D eigenvalue weighted by Gasteiger charge is -2.15. The number of nitrogens with zero attached hydrogens (tertiary/aromatic N) is 3. The quantitative estimate of drug-likeness (QED) is 0.323. The molecule has 0 aliphatic heterocycles. The van der Waals surface area contributed by atoms with E-state index in [-0.39, 0.29) is 5.56 Å². The van der Waals surface area contributed by atoms with Crippen molar-refractivity contribution in [1.82, 2.24) is 20.1 Å². The Morgan fingerprint density at radius 1 is 1.03 bits per heavy atom. The van der Waals surface area contributed by atoms with Crippen molar-refractivity contribution in [2.75, 3.05) is 0 Å². The zero-order chi connectivity index (χ0) is 25.5. The second-order valence-electron chi connectivity index (χ2n) is 9.45. The smallest absolute Gasteiger partial charge is 0.333 e. The predicted octanol–water partition coefficient (Wildman–Crippen LogP) is 5.47. The Kier molecular flexibility index (Phi) is 8.61. The molecular formula is C27H32F2N4O3. The van der Waals surface area contributed by atoms with Crippen LogP contribution in [0.4, 0.5) is 8.78 Å². The first kappa shape index (κ1) is 25.7. The summed E-state index contributed by atoms with van der Waals surface area (Å²) in [4.78, 5) is 29.1. The van der Waals surface area contributed by atoms with Gasteiger partial charge in [0.1, 0.15) is 6.04 Å². The molecule has 2 heterocycles. The van der Waals surface area contributed by atoms with E-state index in [1.807, 2.05) is 0 Å². The molecule has 1 amide bonds. The zero-order valence-corrected chi connectivity index (χ0v) is 20.3. The van der Waals surface area contributed by atoms with E-state index in [1.165, 1.54) is 42.3 Å². The number of hydrogen-bond acceptors (Lipinski definition) is 4. The molecule has 0 radical (unpaired) electrons. The Morgan fingerprint density at radius 2 is 1.81 bits per heavy atom. The average molecular weight is 499 g/mol. The molecule has 9 heteroatoms. The van der Waals surface area contributed by atoms with E-state index >= 15 is 0 Å². The third-order valence-corrected chi connectivity index (χ3v) is 6.75. The van der Waals surface area contributed by atoms with E-state index in [0.29, 0.717) is 28.4 Å². The number of hydrogen-bond donors (Lipinski definition) is 2. The number of aliphatic carboxylic acids is 1. The molecule has 0 unspecified atom stereocenters. The number of carbonyl (C=O) groups is 2. The molecule has 1 aliphatic rings. The maximum Gasteiger partial charge on any atom is 0.333 e. The largest absolute Gasteiger partial charge is 0.480 e. The first-order valence-electron chi connectivity index (χ1n) is 12.7. The number of amides is 1. The van der Waals surface area contributed by atoms with E-state index < -0.39 is 24.5 Å². The molecule has 0 fully saturated rings. The minimum Gasteiger partial charge on any atom is -0.480 e. The summed E-state index contributed by atoms with van der Waals surface area (Å²) in [5.41, 5.74) is 4.36. The molecule has 3 aromatic rings. The number of pyridine rings is 1. The highest BCUT2D eigenvalue weighted by Gasteiger charge is 2.21. The van der Waals surface area contributed by atoms with Crippen LogP contribution in [0.1, 0.15) is 85.2 Å². The third kappa shape index (κ3) is 6.65. The molecular weight excluding hydrogens is 466 g/mol. The number of halogens is 2. The van der Waals surface area contributed by atoms with Crippen LogP contribution in [-0.2, 0) is 24.1 Å². The Labute approximate surface area is 208 Å². The Bertz CT molecular complexity index is 1210. The maximum atomic E-state index is 12.8. The fourth-order valence-electron chi connectivity index (χ4n) is 4.74. The summed E-state index contributed by atoms with van der Waals surface area (Å²) < 4.78 is 26.2. The summed E-state index contributed by atoms with van der Waals surface area (Å²) in [5, 5.41) is 16.2. The SMILES string of the molecule is O=C(N[C@@H](CCCCCCCc1ccc2c(n1)CCCC2)C(=O)O)c1ccc2nn(C(F)F)cc2c1. The van der Waals surface area contributed by atoms with Crippen molar-refractivity contribution in [3.63, 3.8) is 0 Å². The molecule has 192 valence electrons. The van der Waals surface area contributed by atoms with Crippen LogP contribution in [0, 0.1) is 0 Å². The van der Waals surface area contributed by atoms with E-state index in [4.69, 9.17) is 4.98 Å². The van der Waals surface area contributed by atoms with Gasteiger partial charge in [-0.2, -0.15) is 13.9 Å². The lowest BCUT2D eigenvalue weighted by Crippen LogP contribution is -2.40. The van der Waals surface area contributed by atoms with Crippen LogP contribution in [0.15, 0.2) is 36.5 Å². The monoisotopic (exact) mass is 498 g/mol. The molecule has 36 heavy (non-hydrogen) atoms. The summed E-state index contributed by atoms with van der Waals surface area (Å²) >= 11 is 0. The van der Waals surface area contributed by atoms with Crippen molar-refractivity contribution in [3.05, 3.63) is 59.0 Å². The van der Waals surface area contributed by atoms with Gasteiger partial charge in [-0.3, -0.25) is 9.78 Å². The fraction of sp³-hybridized carbons (Fsp3) is 0.481.